The van der Waals surface area contributed by atoms with Crippen LogP contribution in [-0.4, -0.2) is 34.8 Å². The van der Waals surface area contributed by atoms with Gasteiger partial charge in [-0.05, 0) is 45.9 Å². The Balaban J connectivity index is 2.23. The van der Waals surface area contributed by atoms with E-state index in [-0.39, 0.29) is 0 Å². The molecule has 0 heterocycles. The standard InChI is InChI=1S/C12H25NOS/c1-12(2,14)8-9-13-10-6-4-5-7-11(10)15-3/h10-11,13-14H,4-9H2,1-3H3. The molecule has 0 amide bonds. The molecule has 3 heteroatoms. The maximum atomic E-state index is 9.63. The van der Waals surface area contributed by atoms with E-state index in [2.05, 4.69) is 11.6 Å². The number of hydrogen-bond donors (Lipinski definition) is 2. The molecule has 0 aromatic rings. The summed E-state index contributed by atoms with van der Waals surface area (Å²) < 4.78 is 0. The molecule has 1 aliphatic rings. The molecule has 0 aliphatic heterocycles. The molecule has 0 radical (unpaired) electrons. The Morgan fingerprint density at radius 2 is 2.00 bits per heavy atom. The first kappa shape index (κ1) is 13.3. The number of thioether (sulfide) groups is 1. The van der Waals surface area contributed by atoms with Crippen molar-refractivity contribution in [2.45, 2.75) is 62.8 Å². The van der Waals surface area contributed by atoms with Crippen molar-refractivity contribution in [1.29, 1.82) is 0 Å². The van der Waals surface area contributed by atoms with Gasteiger partial charge in [0.05, 0.1) is 5.60 Å². The van der Waals surface area contributed by atoms with Crippen LogP contribution in [0.15, 0.2) is 0 Å². The van der Waals surface area contributed by atoms with Gasteiger partial charge >= 0.3 is 0 Å². The van der Waals surface area contributed by atoms with Crippen LogP contribution < -0.4 is 5.32 Å². The Labute approximate surface area is 98.2 Å². The zero-order valence-corrected chi connectivity index (χ0v) is 11.1. The molecule has 2 nitrogen and oxygen atoms in total. The lowest BCUT2D eigenvalue weighted by Gasteiger charge is -2.32. The van der Waals surface area contributed by atoms with Crippen molar-refractivity contribution in [2.24, 2.45) is 0 Å². The van der Waals surface area contributed by atoms with E-state index in [0.29, 0.717) is 6.04 Å². The lowest BCUT2D eigenvalue weighted by Crippen LogP contribution is -2.42. The van der Waals surface area contributed by atoms with E-state index in [1.165, 1.54) is 25.7 Å². The SMILES string of the molecule is CSC1CCCCC1NCCC(C)(C)O. The van der Waals surface area contributed by atoms with E-state index in [9.17, 15) is 5.11 Å². The average molecular weight is 231 g/mol. The van der Waals surface area contributed by atoms with Crippen LogP contribution in [0, 0.1) is 0 Å². The summed E-state index contributed by atoms with van der Waals surface area (Å²) in [6.45, 7) is 4.69. The zero-order valence-electron chi connectivity index (χ0n) is 10.3. The Kier molecular flexibility index (Phi) is 5.44. The van der Waals surface area contributed by atoms with Crippen molar-refractivity contribution in [1.82, 2.24) is 5.32 Å². The van der Waals surface area contributed by atoms with Crippen LogP contribution in [0.1, 0.15) is 46.0 Å². The van der Waals surface area contributed by atoms with Crippen molar-refractivity contribution >= 4 is 11.8 Å². The summed E-state index contributed by atoms with van der Waals surface area (Å²) in [5.74, 6) is 0. The Hall–Kier alpha value is 0.270. The van der Waals surface area contributed by atoms with Crippen molar-refractivity contribution in [2.75, 3.05) is 12.8 Å². The normalized spacial score (nSPS) is 28.0. The number of rotatable bonds is 5. The van der Waals surface area contributed by atoms with Crippen LogP contribution >= 0.6 is 11.8 Å². The first-order chi connectivity index (χ1) is 7.03. The fraction of sp³-hybridized carbons (Fsp3) is 1.00. The van der Waals surface area contributed by atoms with E-state index in [0.717, 1.165) is 18.2 Å². The summed E-state index contributed by atoms with van der Waals surface area (Å²) in [4.78, 5) is 0. The molecule has 0 spiro atoms. The van der Waals surface area contributed by atoms with Crippen LogP contribution in [0.5, 0.6) is 0 Å². The number of aliphatic hydroxyl groups is 1. The zero-order chi connectivity index (χ0) is 11.3. The van der Waals surface area contributed by atoms with Gasteiger partial charge < -0.3 is 10.4 Å². The maximum Gasteiger partial charge on any atom is 0.0603 e. The molecule has 0 aromatic heterocycles. The van der Waals surface area contributed by atoms with Crippen molar-refractivity contribution in [3.8, 4) is 0 Å². The third-order valence-electron chi connectivity index (χ3n) is 3.15. The summed E-state index contributed by atoms with van der Waals surface area (Å²) in [6.07, 6.45) is 8.44. The van der Waals surface area contributed by atoms with Crippen LogP contribution in [-0.2, 0) is 0 Å². The minimum atomic E-state index is -0.531. The molecule has 1 rings (SSSR count). The van der Waals surface area contributed by atoms with E-state index in [1.54, 1.807) is 0 Å². The monoisotopic (exact) mass is 231 g/mol. The molecule has 0 saturated heterocycles. The molecule has 0 aromatic carbocycles. The van der Waals surface area contributed by atoms with Gasteiger partial charge in [0, 0.05) is 11.3 Å². The number of nitrogens with one attached hydrogen (secondary N) is 1. The molecule has 15 heavy (non-hydrogen) atoms. The molecular formula is C12H25NOS. The number of hydrogen-bond acceptors (Lipinski definition) is 3. The van der Waals surface area contributed by atoms with Gasteiger partial charge in [-0.3, -0.25) is 0 Å². The van der Waals surface area contributed by atoms with E-state index < -0.39 is 5.60 Å². The van der Waals surface area contributed by atoms with Gasteiger partial charge in [0.25, 0.3) is 0 Å². The largest absolute Gasteiger partial charge is 0.390 e. The fourth-order valence-electron chi connectivity index (χ4n) is 2.18. The van der Waals surface area contributed by atoms with Gasteiger partial charge in [0.15, 0.2) is 0 Å². The molecule has 2 atom stereocenters. The first-order valence-corrected chi connectivity index (χ1v) is 7.30. The second kappa shape index (κ2) is 6.12. The highest BCUT2D eigenvalue weighted by molar-refractivity contribution is 7.99. The van der Waals surface area contributed by atoms with Crippen LogP contribution in [0.2, 0.25) is 0 Å². The van der Waals surface area contributed by atoms with Gasteiger partial charge in [0.2, 0.25) is 0 Å². The van der Waals surface area contributed by atoms with Gasteiger partial charge in [-0.2, -0.15) is 11.8 Å². The predicted octanol–water partition coefficient (Wildman–Crippen LogP) is 2.41. The van der Waals surface area contributed by atoms with Crippen LogP contribution in [0.3, 0.4) is 0 Å². The summed E-state index contributed by atoms with van der Waals surface area (Å²) in [5.41, 5.74) is -0.531. The quantitative estimate of drug-likeness (QED) is 0.762. The smallest absolute Gasteiger partial charge is 0.0603 e. The van der Waals surface area contributed by atoms with E-state index in [4.69, 9.17) is 0 Å². The lowest BCUT2D eigenvalue weighted by molar-refractivity contribution is 0.0700. The second-order valence-corrected chi connectivity index (χ2v) is 6.26. The third kappa shape index (κ3) is 5.23. The molecule has 2 unspecified atom stereocenters. The van der Waals surface area contributed by atoms with Gasteiger partial charge in [0.1, 0.15) is 0 Å². The summed E-state index contributed by atoms with van der Waals surface area (Å²) >= 11 is 1.99. The van der Waals surface area contributed by atoms with E-state index in [1.807, 2.05) is 25.6 Å². The minimum Gasteiger partial charge on any atom is -0.390 e. The molecule has 0 bridgehead atoms. The van der Waals surface area contributed by atoms with Crippen LogP contribution in [0.4, 0.5) is 0 Å². The lowest BCUT2D eigenvalue weighted by atomic mass is 9.94. The highest BCUT2D eigenvalue weighted by atomic mass is 32.2. The molecule has 1 aliphatic carbocycles. The Morgan fingerprint density at radius 1 is 1.33 bits per heavy atom. The van der Waals surface area contributed by atoms with Crippen molar-refractivity contribution < 1.29 is 5.11 Å². The molecule has 1 saturated carbocycles. The van der Waals surface area contributed by atoms with E-state index >= 15 is 0 Å². The predicted molar refractivity (Wildman–Crippen MR) is 68.5 cm³/mol. The van der Waals surface area contributed by atoms with Gasteiger partial charge in [-0.1, -0.05) is 12.8 Å². The maximum absolute atomic E-state index is 9.63. The Bertz CT molecular complexity index is 179. The Morgan fingerprint density at radius 3 is 2.60 bits per heavy atom. The summed E-state index contributed by atoms with van der Waals surface area (Å²) in [5, 5.41) is 14.0. The van der Waals surface area contributed by atoms with Gasteiger partial charge in [-0.25, -0.2) is 0 Å². The topological polar surface area (TPSA) is 32.3 Å². The second-order valence-electron chi connectivity index (χ2n) is 5.18. The highest BCUT2D eigenvalue weighted by Crippen LogP contribution is 2.27. The minimum absolute atomic E-state index is 0.531. The highest BCUT2D eigenvalue weighted by Gasteiger charge is 2.24. The van der Waals surface area contributed by atoms with Crippen molar-refractivity contribution in [3.05, 3.63) is 0 Å². The fourth-order valence-corrected chi connectivity index (χ4v) is 3.14. The third-order valence-corrected chi connectivity index (χ3v) is 4.32. The first-order valence-electron chi connectivity index (χ1n) is 6.01. The molecular weight excluding hydrogens is 206 g/mol. The molecule has 90 valence electrons. The average Bonchev–Trinajstić information content (AvgIpc) is 2.16. The molecule has 2 N–H and O–H groups in total. The van der Waals surface area contributed by atoms with Crippen LogP contribution in [0.25, 0.3) is 0 Å². The molecule has 1 fully saturated rings. The summed E-state index contributed by atoms with van der Waals surface area (Å²) in [7, 11) is 0. The summed E-state index contributed by atoms with van der Waals surface area (Å²) in [6, 6.07) is 0.663. The van der Waals surface area contributed by atoms with Gasteiger partial charge in [-0.15, -0.1) is 0 Å². The van der Waals surface area contributed by atoms with Crippen molar-refractivity contribution in [3.63, 3.8) is 0 Å².